The Balaban J connectivity index is 3.48. The number of hydrogen-bond donors (Lipinski definition) is 3. The van der Waals surface area contributed by atoms with Crippen molar-refractivity contribution in [2.24, 2.45) is 0 Å². The molecule has 6 nitrogen and oxygen atoms in total. The maximum Gasteiger partial charge on any atom is 0.305 e. The van der Waals surface area contributed by atoms with E-state index in [2.05, 4.69) is 31.3 Å². The summed E-state index contributed by atoms with van der Waals surface area (Å²) >= 11 is 0. The van der Waals surface area contributed by atoms with Crippen molar-refractivity contribution in [3.05, 3.63) is 24.3 Å². The molecule has 0 spiro atoms. The number of ether oxygens (including phenoxy) is 1. The van der Waals surface area contributed by atoms with Crippen LogP contribution in [-0.2, 0) is 14.3 Å². The minimum atomic E-state index is -0.855. The molecule has 66 heavy (non-hydrogen) atoms. The molecule has 0 bridgehead atoms. The van der Waals surface area contributed by atoms with Crippen LogP contribution in [0.5, 0.6) is 0 Å². The highest BCUT2D eigenvalue weighted by Crippen LogP contribution is 2.17. The average Bonchev–Trinajstić information content (AvgIpc) is 3.32. The Bertz CT molecular complexity index is 1030. The lowest BCUT2D eigenvalue weighted by molar-refractivity contribution is -0.143. The zero-order valence-electron chi connectivity index (χ0n) is 44.4. The molecule has 0 aliphatic rings. The van der Waals surface area contributed by atoms with Gasteiger partial charge in [0.05, 0.1) is 25.4 Å². The summed E-state index contributed by atoms with van der Waals surface area (Å²) in [7, 11) is 0. The van der Waals surface area contributed by atoms with Crippen molar-refractivity contribution in [3.63, 3.8) is 0 Å². The fourth-order valence-electron chi connectivity index (χ4n) is 9.16. The highest BCUT2D eigenvalue weighted by atomic mass is 16.5. The minimum absolute atomic E-state index is 0.000127. The summed E-state index contributed by atoms with van der Waals surface area (Å²) in [6.07, 6.45) is 67.7. The maximum atomic E-state index is 12.5. The molecule has 0 aromatic carbocycles. The SMILES string of the molecule is CCCCCCCCCCCCCCCCC/C=C/C(O)C(CO)NC(=O)CCCCCCC/C=C\CCCCCCCCCOC(=O)CCCCCCCCCCCCCCCCCC. The van der Waals surface area contributed by atoms with Gasteiger partial charge in [0.15, 0.2) is 0 Å². The molecule has 0 heterocycles. The number of aliphatic hydroxyl groups is 2. The smallest absolute Gasteiger partial charge is 0.305 e. The van der Waals surface area contributed by atoms with E-state index >= 15 is 0 Å². The van der Waals surface area contributed by atoms with E-state index < -0.39 is 12.1 Å². The summed E-state index contributed by atoms with van der Waals surface area (Å²) in [5, 5.41) is 23.1. The van der Waals surface area contributed by atoms with Crippen molar-refractivity contribution in [2.75, 3.05) is 13.2 Å². The Morgan fingerprint density at radius 1 is 0.409 bits per heavy atom. The van der Waals surface area contributed by atoms with Crippen LogP contribution in [0.1, 0.15) is 322 Å². The predicted octanol–water partition coefficient (Wildman–Crippen LogP) is 18.2. The lowest BCUT2D eigenvalue weighted by atomic mass is 10.0. The summed E-state index contributed by atoms with van der Waals surface area (Å²) in [5.41, 5.74) is 0. The Labute approximate surface area is 411 Å². The van der Waals surface area contributed by atoms with Crippen LogP contribution in [0.3, 0.4) is 0 Å². The van der Waals surface area contributed by atoms with Gasteiger partial charge in [-0.1, -0.05) is 276 Å². The van der Waals surface area contributed by atoms with Crippen LogP contribution in [0, 0.1) is 0 Å². The Kier molecular flexibility index (Phi) is 54.5. The Hall–Kier alpha value is -1.66. The monoisotopic (exact) mass is 930 g/mol. The number of aliphatic hydroxyl groups excluding tert-OH is 2. The molecule has 0 saturated carbocycles. The lowest BCUT2D eigenvalue weighted by Gasteiger charge is -2.20. The normalized spacial score (nSPS) is 12.7. The van der Waals surface area contributed by atoms with E-state index in [0.29, 0.717) is 19.4 Å². The Morgan fingerprint density at radius 3 is 1.08 bits per heavy atom. The Morgan fingerprint density at radius 2 is 0.712 bits per heavy atom. The van der Waals surface area contributed by atoms with Crippen LogP contribution >= 0.6 is 0 Å². The number of hydrogen-bond acceptors (Lipinski definition) is 5. The van der Waals surface area contributed by atoms with Crippen LogP contribution in [-0.4, -0.2) is 47.4 Å². The average molecular weight is 931 g/mol. The molecule has 0 fully saturated rings. The topological polar surface area (TPSA) is 95.9 Å². The second-order valence-electron chi connectivity index (χ2n) is 20.3. The third-order valence-electron chi connectivity index (χ3n) is 13.7. The summed E-state index contributed by atoms with van der Waals surface area (Å²) in [4.78, 5) is 24.5. The van der Waals surface area contributed by atoms with Crippen molar-refractivity contribution in [1.29, 1.82) is 0 Å². The van der Waals surface area contributed by atoms with Crippen molar-refractivity contribution >= 4 is 11.9 Å². The van der Waals surface area contributed by atoms with Gasteiger partial charge in [0, 0.05) is 12.8 Å². The van der Waals surface area contributed by atoms with Gasteiger partial charge in [-0.05, 0) is 57.8 Å². The van der Waals surface area contributed by atoms with Crippen molar-refractivity contribution in [2.45, 2.75) is 334 Å². The first-order chi connectivity index (χ1) is 32.5. The summed E-state index contributed by atoms with van der Waals surface area (Å²) < 4.78 is 5.48. The van der Waals surface area contributed by atoms with E-state index in [1.54, 1.807) is 6.08 Å². The molecule has 0 saturated heterocycles. The zero-order valence-corrected chi connectivity index (χ0v) is 44.4. The third kappa shape index (κ3) is 51.7. The first-order valence-corrected chi connectivity index (χ1v) is 29.6. The maximum absolute atomic E-state index is 12.5. The molecule has 0 aromatic rings. The van der Waals surface area contributed by atoms with E-state index in [-0.39, 0.29) is 18.5 Å². The molecule has 0 aliphatic heterocycles. The highest BCUT2D eigenvalue weighted by molar-refractivity contribution is 5.76. The molecule has 1 amide bonds. The van der Waals surface area contributed by atoms with E-state index in [1.165, 1.54) is 231 Å². The molecule has 3 N–H and O–H groups in total. The van der Waals surface area contributed by atoms with Gasteiger partial charge in [0.25, 0.3) is 0 Å². The quantitative estimate of drug-likeness (QED) is 0.0321. The third-order valence-corrected chi connectivity index (χ3v) is 13.7. The fraction of sp³-hybridized carbons (Fsp3) is 0.900. The van der Waals surface area contributed by atoms with Crippen molar-refractivity contribution < 1.29 is 24.5 Å². The van der Waals surface area contributed by atoms with E-state index in [9.17, 15) is 19.8 Å². The van der Waals surface area contributed by atoms with Gasteiger partial charge in [0.1, 0.15) is 0 Å². The van der Waals surface area contributed by atoms with Crippen LogP contribution in [0.4, 0.5) is 0 Å². The summed E-state index contributed by atoms with van der Waals surface area (Å²) in [6.45, 7) is 4.90. The molecule has 0 aliphatic carbocycles. The molecule has 2 unspecified atom stereocenters. The number of allylic oxidation sites excluding steroid dienone is 3. The fourth-order valence-corrected chi connectivity index (χ4v) is 9.16. The zero-order chi connectivity index (χ0) is 47.9. The second kappa shape index (κ2) is 55.9. The number of nitrogens with one attached hydrogen (secondary N) is 1. The van der Waals surface area contributed by atoms with E-state index in [0.717, 1.165) is 64.2 Å². The molecule has 390 valence electrons. The van der Waals surface area contributed by atoms with Crippen LogP contribution in [0.15, 0.2) is 24.3 Å². The second-order valence-corrected chi connectivity index (χ2v) is 20.3. The molecule has 0 aromatic heterocycles. The lowest BCUT2D eigenvalue weighted by Crippen LogP contribution is -2.45. The predicted molar refractivity (Wildman–Crippen MR) is 287 cm³/mol. The van der Waals surface area contributed by atoms with E-state index in [4.69, 9.17) is 4.74 Å². The van der Waals surface area contributed by atoms with Gasteiger partial charge in [0.2, 0.25) is 5.91 Å². The molecular weight excluding hydrogens is 815 g/mol. The van der Waals surface area contributed by atoms with Gasteiger partial charge < -0.3 is 20.3 Å². The standard InChI is InChI=1S/C60H115NO5/c1-3-5-7-9-11-13-15-17-19-21-24-28-32-36-40-44-48-52-58(63)57(56-62)61-59(64)53-49-45-41-37-33-29-25-22-23-27-31-35-39-43-47-51-55-66-60(65)54-50-46-42-38-34-30-26-20-18-16-14-12-10-8-6-4-2/h22,25,48,52,57-58,62-63H,3-21,23-24,26-47,49-51,53-56H2,1-2H3,(H,61,64)/b25-22-,52-48+. The molecular formula is C60H115NO5. The number of rotatable bonds is 55. The van der Waals surface area contributed by atoms with Crippen LogP contribution in [0.2, 0.25) is 0 Å². The van der Waals surface area contributed by atoms with Crippen LogP contribution in [0.25, 0.3) is 0 Å². The summed E-state index contributed by atoms with van der Waals surface area (Å²) in [6, 6.07) is -0.640. The van der Waals surface area contributed by atoms with Crippen molar-refractivity contribution in [3.8, 4) is 0 Å². The molecule has 0 radical (unpaired) electrons. The molecule has 2 atom stereocenters. The minimum Gasteiger partial charge on any atom is -0.466 e. The first-order valence-electron chi connectivity index (χ1n) is 29.6. The van der Waals surface area contributed by atoms with Crippen LogP contribution < -0.4 is 5.32 Å². The summed E-state index contributed by atoms with van der Waals surface area (Å²) in [5.74, 6) is -0.0832. The van der Waals surface area contributed by atoms with E-state index in [1.807, 2.05) is 6.08 Å². The van der Waals surface area contributed by atoms with Gasteiger partial charge >= 0.3 is 5.97 Å². The number of unbranched alkanes of at least 4 members (excludes halogenated alkanes) is 42. The van der Waals surface area contributed by atoms with Gasteiger partial charge in [-0.15, -0.1) is 0 Å². The molecule has 0 rings (SSSR count). The van der Waals surface area contributed by atoms with Gasteiger partial charge in [-0.2, -0.15) is 0 Å². The van der Waals surface area contributed by atoms with Crippen molar-refractivity contribution in [1.82, 2.24) is 5.32 Å². The largest absolute Gasteiger partial charge is 0.466 e. The van der Waals surface area contributed by atoms with Gasteiger partial charge in [-0.25, -0.2) is 0 Å². The highest BCUT2D eigenvalue weighted by Gasteiger charge is 2.18. The number of carbonyl (C=O) groups excluding carboxylic acids is 2. The number of esters is 1. The first kappa shape index (κ1) is 64.3. The number of amides is 1. The molecule has 6 heteroatoms. The van der Waals surface area contributed by atoms with Gasteiger partial charge in [-0.3, -0.25) is 9.59 Å². The number of carbonyl (C=O) groups is 2.